The topological polar surface area (TPSA) is 51.8 Å². The van der Waals surface area contributed by atoms with E-state index >= 15 is 0 Å². The summed E-state index contributed by atoms with van der Waals surface area (Å²) >= 11 is 1.37. The number of rotatable bonds is 3. The molecule has 2 atom stereocenters. The first-order valence-corrected chi connectivity index (χ1v) is 6.28. The molecule has 1 aliphatic rings. The number of nitrogens with two attached hydrogens (primary N) is 1. The number of aromatic nitrogens is 2. The zero-order valence-corrected chi connectivity index (χ0v) is 9.65. The normalized spacial score (nSPS) is 19.9. The molecule has 0 bridgehead atoms. The third kappa shape index (κ3) is 1.64. The third-order valence-electron chi connectivity index (χ3n) is 3.26. The van der Waals surface area contributed by atoms with E-state index in [0.29, 0.717) is 5.92 Å². The molecule has 0 fully saturated rings. The molecule has 2 aromatic rings. The minimum absolute atomic E-state index is 0.0251. The van der Waals surface area contributed by atoms with Crippen LogP contribution in [0.2, 0.25) is 0 Å². The van der Waals surface area contributed by atoms with Crippen molar-refractivity contribution >= 4 is 11.5 Å². The van der Waals surface area contributed by atoms with Crippen LogP contribution < -0.4 is 5.73 Å². The number of nitrogens with zero attached hydrogens (tertiary/aromatic N) is 2. The summed E-state index contributed by atoms with van der Waals surface area (Å²) in [5.74, 6) is 0.605. The van der Waals surface area contributed by atoms with E-state index in [9.17, 15) is 0 Å². The van der Waals surface area contributed by atoms with Crippen LogP contribution in [0.15, 0.2) is 29.6 Å². The van der Waals surface area contributed by atoms with E-state index < -0.39 is 0 Å². The van der Waals surface area contributed by atoms with Crippen molar-refractivity contribution in [2.24, 2.45) is 5.73 Å². The lowest BCUT2D eigenvalue weighted by Crippen LogP contribution is -2.22. The molecule has 3 nitrogen and oxygen atoms in total. The van der Waals surface area contributed by atoms with Crippen LogP contribution in [0.5, 0.6) is 0 Å². The lowest BCUT2D eigenvalue weighted by atomic mass is 9.74. The summed E-state index contributed by atoms with van der Waals surface area (Å²) in [6.07, 6.45) is 2.13. The van der Waals surface area contributed by atoms with E-state index in [1.807, 2.05) is 5.38 Å². The smallest absolute Gasteiger partial charge is 0.0922 e. The predicted molar refractivity (Wildman–Crippen MR) is 64.3 cm³/mol. The number of benzene rings is 1. The Hall–Kier alpha value is -1.26. The minimum Gasteiger partial charge on any atom is -0.323 e. The van der Waals surface area contributed by atoms with Gasteiger partial charge in [-0.15, -0.1) is 5.10 Å². The van der Waals surface area contributed by atoms with Gasteiger partial charge in [0.05, 0.1) is 11.7 Å². The Morgan fingerprint density at radius 1 is 1.44 bits per heavy atom. The van der Waals surface area contributed by atoms with Crippen molar-refractivity contribution in [1.29, 1.82) is 0 Å². The molecule has 0 saturated carbocycles. The van der Waals surface area contributed by atoms with Gasteiger partial charge in [0.1, 0.15) is 0 Å². The maximum absolute atomic E-state index is 6.11. The Morgan fingerprint density at radius 3 is 3.06 bits per heavy atom. The Balaban J connectivity index is 1.70. The van der Waals surface area contributed by atoms with E-state index in [4.69, 9.17) is 5.73 Å². The number of hydrogen-bond acceptors (Lipinski definition) is 4. The SMILES string of the molecule is NC(CC1Cc2ccccc21)c1csnn1. The standard InChI is InChI=1S/C12H13N3S/c13-11(12-7-16-15-14-12)6-9-5-8-3-1-2-4-10(8)9/h1-4,7,9,11H,5-6,13H2. The third-order valence-corrected chi connectivity index (χ3v) is 3.78. The molecule has 0 saturated heterocycles. The monoisotopic (exact) mass is 231 g/mol. The average Bonchev–Trinajstić information content (AvgIpc) is 2.79. The predicted octanol–water partition coefficient (Wildman–Crippen LogP) is 2.27. The van der Waals surface area contributed by atoms with Gasteiger partial charge in [-0.2, -0.15) is 0 Å². The molecular weight excluding hydrogens is 218 g/mol. The summed E-state index contributed by atoms with van der Waals surface area (Å²) < 4.78 is 3.85. The Bertz CT molecular complexity index is 481. The fourth-order valence-corrected chi connectivity index (χ4v) is 2.85. The lowest BCUT2D eigenvalue weighted by Gasteiger charge is -2.31. The summed E-state index contributed by atoms with van der Waals surface area (Å²) in [5, 5.41) is 5.97. The van der Waals surface area contributed by atoms with E-state index in [0.717, 1.165) is 18.5 Å². The highest BCUT2D eigenvalue weighted by Gasteiger charge is 2.27. The molecule has 1 aliphatic carbocycles. The maximum Gasteiger partial charge on any atom is 0.0922 e. The van der Waals surface area contributed by atoms with Crippen LogP contribution in [0.1, 0.15) is 35.2 Å². The van der Waals surface area contributed by atoms with Crippen molar-refractivity contribution in [2.45, 2.75) is 24.8 Å². The van der Waals surface area contributed by atoms with E-state index in [2.05, 4.69) is 33.9 Å². The van der Waals surface area contributed by atoms with Crippen LogP contribution in [0.25, 0.3) is 0 Å². The van der Waals surface area contributed by atoms with Crippen molar-refractivity contribution in [1.82, 2.24) is 9.59 Å². The highest BCUT2D eigenvalue weighted by atomic mass is 32.1. The summed E-state index contributed by atoms with van der Waals surface area (Å²) in [6.45, 7) is 0. The second-order valence-corrected chi connectivity index (χ2v) is 4.88. The van der Waals surface area contributed by atoms with Crippen LogP contribution in [-0.2, 0) is 6.42 Å². The lowest BCUT2D eigenvalue weighted by molar-refractivity contribution is 0.491. The Morgan fingerprint density at radius 2 is 2.31 bits per heavy atom. The van der Waals surface area contributed by atoms with Crippen molar-refractivity contribution in [3.05, 3.63) is 46.5 Å². The van der Waals surface area contributed by atoms with E-state index in [-0.39, 0.29) is 6.04 Å². The zero-order chi connectivity index (χ0) is 11.0. The molecule has 1 heterocycles. The molecule has 0 aliphatic heterocycles. The van der Waals surface area contributed by atoms with Gasteiger partial charge < -0.3 is 5.73 Å². The molecule has 1 aromatic heterocycles. The molecule has 3 rings (SSSR count). The molecule has 2 N–H and O–H groups in total. The van der Waals surface area contributed by atoms with Gasteiger partial charge in [0.2, 0.25) is 0 Å². The molecule has 2 unspecified atom stereocenters. The van der Waals surface area contributed by atoms with Gasteiger partial charge in [-0.1, -0.05) is 28.8 Å². The quantitative estimate of drug-likeness (QED) is 0.881. The van der Waals surface area contributed by atoms with Crippen molar-refractivity contribution in [3.63, 3.8) is 0 Å². The van der Waals surface area contributed by atoms with Gasteiger partial charge in [0.15, 0.2) is 0 Å². The number of hydrogen-bond donors (Lipinski definition) is 1. The summed E-state index contributed by atoms with van der Waals surface area (Å²) in [4.78, 5) is 0. The molecule has 4 heteroatoms. The van der Waals surface area contributed by atoms with Crippen molar-refractivity contribution in [3.8, 4) is 0 Å². The first-order chi connectivity index (χ1) is 7.84. The minimum atomic E-state index is 0.0251. The molecular formula is C12H13N3S. The fraction of sp³-hybridized carbons (Fsp3) is 0.333. The van der Waals surface area contributed by atoms with Crippen molar-refractivity contribution in [2.75, 3.05) is 0 Å². The highest BCUT2D eigenvalue weighted by Crippen LogP contribution is 2.39. The van der Waals surface area contributed by atoms with Gasteiger partial charge in [-0.3, -0.25) is 0 Å². The van der Waals surface area contributed by atoms with Crippen molar-refractivity contribution < 1.29 is 0 Å². The maximum atomic E-state index is 6.11. The highest BCUT2D eigenvalue weighted by molar-refractivity contribution is 7.03. The second kappa shape index (κ2) is 3.96. The van der Waals surface area contributed by atoms with Gasteiger partial charge in [-0.25, -0.2) is 0 Å². The molecule has 82 valence electrons. The van der Waals surface area contributed by atoms with Crippen LogP contribution in [0, 0.1) is 0 Å². The molecule has 0 amide bonds. The van der Waals surface area contributed by atoms with Gasteiger partial charge in [-0.05, 0) is 41.4 Å². The van der Waals surface area contributed by atoms with Crippen LogP contribution in [0.3, 0.4) is 0 Å². The van der Waals surface area contributed by atoms with E-state index in [1.54, 1.807) is 0 Å². The molecule has 1 aromatic carbocycles. The van der Waals surface area contributed by atoms with Gasteiger partial charge in [0.25, 0.3) is 0 Å². The zero-order valence-electron chi connectivity index (χ0n) is 8.84. The van der Waals surface area contributed by atoms with E-state index in [1.165, 1.54) is 22.7 Å². The van der Waals surface area contributed by atoms with Crippen LogP contribution in [0.4, 0.5) is 0 Å². The molecule has 16 heavy (non-hydrogen) atoms. The fourth-order valence-electron chi connectivity index (χ4n) is 2.33. The summed E-state index contributed by atoms with van der Waals surface area (Å²) in [6, 6.07) is 8.62. The summed E-state index contributed by atoms with van der Waals surface area (Å²) in [5.41, 5.74) is 9.96. The summed E-state index contributed by atoms with van der Waals surface area (Å²) in [7, 11) is 0. The molecule has 0 spiro atoms. The largest absolute Gasteiger partial charge is 0.323 e. The average molecular weight is 231 g/mol. The first-order valence-electron chi connectivity index (χ1n) is 5.45. The number of fused-ring (bicyclic) bond motifs is 1. The molecule has 0 radical (unpaired) electrons. The Labute approximate surface area is 98.5 Å². The first kappa shape index (κ1) is 9.93. The Kier molecular flexibility index (Phi) is 2.46. The van der Waals surface area contributed by atoms with Gasteiger partial charge >= 0.3 is 0 Å². The van der Waals surface area contributed by atoms with Gasteiger partial charge in [0, 0.05) is 5.38 Å². The van der Waals surface area contributed by atoms with Crippen LogP contribution in [-0.4, -0.2) is 9.59 Å². The van der Waals surface area contributed by atoms with Crippen LogP contribution >= 0.6 is 11.5 Å². The second-order valence-electron chi connectivity index (χ2n) is 4.27.